The third-order valence-electron chi connectivity index (χ3n) is 2.80. The van der Waals surface area contributed by atoms with Crippen LogP contribution in [-0.2, 0) is 4.74 Å². The van der Waals surface area contributed by atoms with Crippen LogP contribution in [0.4, 0.5) is 0 Å². The van der Waals surface area contributed by atoms with Crippen molar-refractivity contribution in [2.75, 3.05) is 40.0 Å². The topological polar surface area (TPSA) is 54.9 Å². The van der Waals surface area contributed by atoms with Crippen LogP contribution in [0.25, 0.3) is 0 Å². The minimum atomic E-state index is 0. The zero-order valence-electron chi connectivity index (χ0n) is 13.7. The van der Waals surface area contributed by atoms with Crippen molar-refractivity contribution in [1.82, 2.24) is 10.6 Å². The number of rotatable bonds is 9. The van der Waals surface area contributed by atoms with Gasteiger partial charge in [0.2, 0.25) is 0 Å². The average molecular weight is 421 g/mol. The molecule has 0 aliphatic carbocycles. The molecule has 0 aromatic heterocycles. The highest BCUT2D eigenvalue weighted by Gasteiger charge is 1.96. The van der Waals surface area contributed by atoms with Gasteiger partial charge in [-0.2, -0.15) is 0 Å². The monoisotopic (exact) mass is 421 g/mol. The lowest BCUT2D eigenvalue weighted by Gasteiger charge is -2.11. The summed E-state index contributed by atoms with van der Waals surface area (Å²) >= 11 is 0. The molecular formula is C16H28IN3O2. The molecule has 0 aliphatic rings. The molecule has 0 saturated carbocycles. The molecule has 0 saturated heterocycles. The van der Waals surface area contributed by atoms with Crippen LogP contribution in [0.5, 0.6) is 5.75 Å². The first-order valence-electron chi connectivity index (χ1n) is 7.47. The molecule has 0 fully saturated rings. The van der Waals surface area contributed by atoms with E-state index in [2.05, 4.69) is 34.7 Å². The molecule has 0 radical (unpaired) electrons. The van der Waals surface area contributed by atoms with Crippen LogP contribution in [0, 0.1) is 6.92 Å². The summed E-state index contributed by atoms with van der Waals surface area (Å²) in [7, 11) is 1.69. The average Bonchev–Trinajstić information content (AvgIpc) is 2.49. The number of aryl methyl sites for hydroxylation is 1. The Morgan fingerprint density at radius 2 is 1.86 bits per heavy atom. The van der Waals surface area contributed by atoms with Crippen molar-refractivity contribution >= 4 is 29.9 Å². The van der Waals surface area contributed by atoms with Gasteiger partial charge in [-0.15, -0.1) is 24.0 Å². The van der Waals surface area contributed by atoms with E-state index in [1.54, 1.807) is 7.11 Å². The molecule has 1 aromatic rings. The zero-order valence-corrected chi connectivity index (χ0v) is 16.1. The second kappa shape index (κ2) is 13.6. The van der Waals surface area contributed by atoms with Crippen molar-refractivity contribution in [3.63, 3.8) is 0 Å². The van der Waals surface area contributed by atoms with Gasteiger partial charge in [0.25, 0.3) is 0 Å². The van der Waals surface area contributed by atoms with Crippen LogP contribution in [0.2, 0.25) is 0 Å². The van der Waals surface area contributed by atoms with Gasteiger partial charge in [-0.1, -0.05) is 17.7 Å². The number of ether oxygens (including phenoxy) is 2. The predicted octanol–water partition coefficient (Wildman–Crippen LogP) is 2.58. The number of hydrogen-bond donors (Lipinski definition) is 2. The Kier molecular flexibility index (Phi) is 13.0. The maximum absolute atomic E-state index is 5.67. The maximum Gasteiger partial charge on any atom is 0.191 e. The summed E-state index contributed by atoms with van der Waals surface area (Å²) in [6.07, 6.45) is 0.884. The molecule has 0 amide bonds. The maximum atomic E-state index is 5.67. The van der Waals surface area contributed by atoms with Gasteiger partial charge in [0, 0.05) is 33.2 Å². The lowest BCUT2D eigenvalue weighted by Crippen LogP contribution is -2.39. The standard InChI is InChI=1S/C16H27N3O2.HI/c1-4-17-16(19-11-13-20-3)18-10-5-12-21-15-8-6-14(2)7-9-15;/h6-9H,4-5,10-13H2,1-3H3,(H2,17,18,19);1H. The number of methoxy groups -OCH3 is 1. The number of benzene rings is 1. The molecule has 5 nitrogen and oxygen atoms in total. The number of hydrogen-bond acceptors (Lipinski definition) is 3. The number of halogens is 1. The molecular weight excluding hydrogens is 393 g/mol. The lowest BCUT2D eigenvalue weighted by atomic mass is 10.2. The first-order chi connectivity index (χ1) is 10.3. The van der Waals surface area contributed by atoms with E-state index in [1.807, 2.05) is 19.1 Å². The zero-order chi connectivity index (χ0) is 15.3. The summed E-state index contributed by atoms with van der Waals surface area (Å²) in [5.41, 5.74) is 1.24. The van der Waals surface area contributed by atoms with Gasteiger partial charge < -0.3 is 20.1 Å². The number of nitrogens with zero attached hydrogens (tertiary/aromatic N) is 1. The van der Waals surface area contributed by atoms with E-state index < -0.39 is 0 Å². The van der Waals surface area contributed by atoms with E-state index in [4.69, 9.17) is 9.47 Å². The first kappa shape index (κ1) is 21.0. The van der Waals surface area contributed by atoms with Crippen molar-refractivity contribution in [3.8, 4) is 5.75 Å². The first-order valence-corrected chi connectivity index (χ1v) is 7.47. The fourth-order valence-electron chi connectivity index (χ4n) is 1.69. The molecule has 0 heterocycles. The predicted molar refractivity (Wildman–Crippen MR) is 103 cm³/mol. The third kappa shape index (κ3) is 9.83. The molecule has 0 aliphatic heterocycles. The molecule has 0 bridgehead atoms. The number of aliphatic imine (C=N–C) groups is 1. The van der Waals surface area contributed by atoms with Crippen LogP contribution < -0.4 is 15.4 Å². The highest BCUT2D eigenvalue weighted by atomic mass is 127. The van der Waals surface area contributed by atoms with Crippen molar-refractivity contribution in [2.45, 2.75) is 20.3 Å². The Hall–Kier alpha value is -1.02. The Bertz CT molecular complexity index is 410. The van der Waals surface area contributed by atoms with E-state index in [9.17, 15) is 0 Å². The second-order valence-corrected chi connectivity index (χ2v) is 4.70. The minimum absolute atomic E-state index is 0. The Morgan fingerprint density at radius 3 is 2.50 bits per heavy atom. The molecule has 6 heteroatoms. The van der Waals surface area contributed by atoms with Gasteiger partial charge >= 0.3 is 0 Å². The van der Waals surface area contributed by atoms with Crippen LogP contribution >= 0.6 is 24.0 Å². The van der Waals surface area contributed by atoms with Gasteiger partial charge in [0.05, 0.1) is 13.2 Å². The Morgan fingerprint density at radius 1 is 1.14 bits per heavy atom. The van der Waals surface area contributed by atoms with E-state index in [0.717, 1.165) is 37.8 Å². The van der Waals surface area contributed by atoms with Gasteiger partial charge in [-0.3, -0.25) is 4.99 Å². The van der Waals surface area contributed by atoms with Crippen LogP contribution in [-0.4, -0.2) is 45.9 Å². The molecule has 0 atom stereocenters. The van der Waals surface area contributed by atoms with E-state index >= 15 is 0 Å². The smallest absolute Gasteiger partial charge is 0.191 e. The summed E-state index contributed by atoms with van der Waals surface area (Å²) in [6.45, 7) is 7.78. The second-order valence-electron chi connectivity index (χ2n) is 4.70. The molecule has 1 rings (SSSR count). The van der Waals surface area contributed by atoms with Crippen LogP contribution in [0.1, 0.15) is 18.9 Å². The largest absolute Gasteiger partial charge is 0.494 e. The summed E-state index contributed by atoms with van der Waals surface area (Å²) in [4.78, 5) is 4.49. The summed E-state index contributed by atoms with van der Waals surface area (Å²) in [5.74, 6) is 1.74. The quantitative estimate of drug-likeness (QED) is 0.279. The fourth-order valence-corrected chi connectivity index (χ4v) is 1.69. The summed E-state index contributed by atoms with van der Waals surface area (Å²) in [5, 5.41) is 6.41. The lowest BCUT2D eigenvalue weighted by molar-refractivity contribution is 0.203. The van der Waals surface area contributed by atoms with Gasteiger partial charge in [-0.05, 0) is 26.0 Å². The van der Waals surface area contributed by atoms with Gasteiger partial charge in [-0.25, -0.2) is 0 Å². The fraction of sp³-hybridized carbons (Fsp3) is 0.562. The highest BCUT2D eigenvalue weighted by molar-refractivity contribution is 14.0. The number of guanidine groups is 1. The third-order valence-corrected chi connectivity index (χ3v) is 2.80. The Balaban J connectivity index is 0.00000441. The molecule has 1 aromatic carbocycles. The van der Waals surface area contributed by atoms with E-state index in [-0.39, 0.29) is 24.0 Å². The normalized spacial score (nSPS) is 10.8. The van der Waals surface area contributed by atoms with Crippen molar-refractivity contribution in [3.05, 3.63) is 29.8 Å². The minimum Gasteiger partial charge on any atom is -0.494 e. The highest BCUT2D eigenvalue weighted by Crippen LogP contribution is 2.11. The van der Waals surface area contributed by atoms with E-state index in [1.165, 1.54) is 5.56 Å². The molecule has 22 heavy (non-hydrogen) atoms. The van der Waals surface area contributed by atoms with Crippen molar-refractivity contribution < 1.29 is 9.47 Å². The number of nitrogens with one attached hydrogen (secondary N) is 2. The van der Waals surface area contributed by atoms with Gasteiger partial charge in [0.1, 0.15) is 5.75 Å². The van der Waals surface area contributed by atoms with Crippen molar-refractivity contribution in [1.29, 1.82) is 0 Å². The van der Waals surface area contributed by atoms with Crippen molar-refractivity contribution in [2.24, 2.45) is 4.99 Å². The molecule has 126 valence electrons. The van der Waals surface area contributed by atoms with Crippen LogP contribution in [0.15, 0.2) is 29.3 Å². The molecule has 0 spiro atoms. The van der Waals surface area contributed by atoms with E-state index in [0.29, 0.717) is 13.2 Å². The van der Waals surface area contributed by atoms with Gasteiger partial charge in [0.15, 0.2) is 5.96 Å². The summed E-state index contributed by atoms with van der Waals surface area (Å²) < 4.78 is 10.7. The SMILES string of the molecule is CCNC(=NCCCOc1ccc(C)cc1)NCCOC.I. The molecule has 2 N–H and O–H groups in total. The van der Waals surface area contributed by atoms with Crippen LogP contribution in [0.3, 0.4) is 0 Å². The molecule has 0 unspecified atom stereocenters. The Labute approximate surface area is 150 Å². The summed E-state index contributed by atoms with van der Waals surface area (Å²) in [6, 6.07) is 8.09.